The van der Waals surface area contributed by atoms with E-state index in [1.54, 1.807) is 0 Å². The molecule has 0 rings (SSSR count). The molecule has 8 nitrogen and oxygen atoms in total. The third-order valence-corrected chi connectivity index (χ3v) is 11.5. The van der Waals surface area contributed by atoms with Crippen LogP contribution in [-0.4, -0.2) is 70.7 Å². The Morgan fingerprint density at radius 2 is 0.946 bits per heavy atom. The molecule has 0 N–H and O–H groups in total. The quantitative estimate of drug-likeness (QED) is 0.0199. The van der Waals surface area contributed by atoms with Gasteiger partial charge < -0.3 is 27.9 Å². The highest BCUT2D eigenvalue weighted by Gasteiger charge is 2.20. The van der Waals surface area contributed by atoms with Crippen LogP contribution in [0.3, 0.4) is 0 Å². The van der Waals surface area contributed by atoms with E-state index in [0.717, 1.165) is 44.9 Å². The summed E-state index contributed by atoms with van der Waals surface area (Å²) in [6.07, 6.45) is 45.3. The highest BCUT2D eigenvalue weighted by Crippen LogP contribution is 2.38. The molecule has 0 fully saturated rings. The average molecular weight is 816 g/mol. The number of phosphoric ester groups is 1. The number of carbonyl (C=O) groups is 1. The second-order valence-corrected chi connectivity index (χ2v) is 18.9. The third-order valence-electron chi connectivity index (χ3n) is 10.6. The molecule has 0 spiro atoms. The summed E-state index contributed by atoms with van der Waals surface area (Å²) < 4.78 is 34.6. The summed E-state index contributed by atoms with van der Waals surface area (Å²) in [5.41, 5.74) is 0. The normalized spacial score (nSPS) is 13.8. The Bertz CT molecular complexity index is 909. The van der Waals surface area contributed by atoms with Crippen LogP contribution in [0, 0.1) is 0 Å². The number of quaternary nitrogens is 1. The third kappa shape index (κ3) is 44.3. The highest BCUT2D eigenvalue weighted by molar-refractivity contribution is 7.45. The van der Waals surface area contributed by atoms with Crippen LogP contribution in [0.15, 0.2) is 12.2 Å². The smallest absolute Gasteiger partial charge is 0.306 e. The summed E-state index contributed by atoms with van der Waals surface area (Å²) >= 11 is 0. The Kier molecular flexibility index (Phi) is 40.4. The molecular formula is C47H94NO7P. The van der Waals surface area contributed by atoms with Gasteiger partial charge in [0.25, 0.3) is 7.82 Å². The van der Waals surface area contributed by atoms with Gasteiger partial charge in [-0.05, 0) is 32.1 Å². The van der Waals surface area contributed by atoms with Crippen molar-refractivity contribution >= 4 is 13.8 Å². The SMILES string of the molecule is CCCC/C=C\CCCCCCCC(=O)OC(COCCCCCCCCCCCCCCCCCCCCCCCCC)COP(=O)([O-])OCC[N+](C)(C)C. The van der Waals surface area contributed by atoms with Crippen LogP contribution in [0.4, 0.5) is 0 Å². The van der Waals surface area contributed by atoms with Crippen molar-refractivity contribution in [3.63, 3.8) is 0 Å². The first-order valence-corrected chi connectivity index (χ1v) is 25.4. The summed E-state index contributed by atoms with van der Waals surface area (Å²) in [6.45, 7) is 5.41. The van der Waals surface area contributed by atoms with Gasteiger partial charge in [-0.2, -0.15) is 0 Å². The van der Waals surface area contributed by atoms with Gasteiger partial charge in [-0.25, -0.2) is 0 Å². The van der Waals surface area contributed by atoms with E-state index in [4.69, 9.17) is 18.5 Å². The maximum absolute atomic E-state index is 12.6. The Morgan fingerprint density at radius 3 is 1.41 bits per heavy atom. The van der Waals surface area contributed by atoms with Crippen molar-refractivity contribution in [2.45, 2.75) is 232 Å². The van der Waals surface area contributed by atoms with E-state index in [2.05, 4.69) is 26.0 Å². The van der Waals surface area contributed by atoms with Crippen LogP contribution in [0.5, 0.6) is 0 Å². The summed E-state index contributed by atoms with van der Waals surface area (Å²) in [6, 6.07) is 0. The summed E-state index contributed by atoms with van der Waals surface area (Å²) in [5, 5.41) is 0. The average Bonchev–Trinajstić information content (AvgIpc) is 3.15. The van der Waals surface area contributed by atoms with Crippen molar-refractivity contribution in [2.24, 2.45) is 0 Å². The Hall–Kier alpha value is -0.760. The van der Waals surface area contributed by atoms with Crippen LogP contribution < -0.4 is 4.89 Å². The lowest BCUT2D eigenvalue weighted by molar-refractivity contribution is -0.870. The molecule has 0 aliphatic heterocycles. The molecule has 0 aromatic rings. The number of hydrogen-bond donors (Lipinski definition) is 0. The zero-order chi connectivity index (χ0) is 41.3. The fraction of sp³-hybridized carbons (Fsp3) is 0.936. The van der Waals surface area contributed by atoms with Gasteiger partial charge in [0.2, 0.25) is 0 Å². The standard InChI is InChI=1S/C47H94NO7P/c1-6-8-10-12-14-16-18-19-20-21-22-23-24-25-26-27-28-29-31-33-35-37-39-42-52-44-46(45-54-56(50,51)53-43-41-48(3,4)5)55-47(49)40-38-36-34-32-30-17-15-13-11-9-7-2/h13,15,46H,6-12,14,16-45H2,1-5H3/b15-13-. The van der Waals surface area contributed by atoms with Gasteiger partial charge in [-0.1, -0.05) is 199 Å². The van der Waals surface area contributed by atoms with Gasteiger partial charge in [-0.3, -0.25) is 9.36 Å². The van der Waals surface area contributed by atoms with Gasteiger partial charge in [0, 0.05) is 13.0 Å². The monoisotopic (exact) mass is 816 g/mol. The Balaban J connectivity index is 4.03. The minimum Gasteiger partial charge on any atom is -0.756 e. The van der Waals surface area contributed by atoms with E-state index in [1.165, 1.54) is 161 Å². The maximum Gasteiger partial charge on any atom is 0.306 e. The van der Waals surface area contributed by atoms with Crippen molar-refractivity contribution in [3.8, 4) is 0 Å². The number of likely N-dealkylation sites (N-methyl/N-ethyl adjacent to an activating group) is 1. The topological polar surface area (TPSA) is 94.1 Å². The van der Waals surface area contributed by atoms with E-state index < -0.39 is 13.9 Å². The van der Waals surface area contributed by atoms with E-state index in [9.17, 15) is 14.3 Å². The van der Waals surface area contributed by atoms with E-state index in [1.807, 2.05) is 21.1 Å². The van der Waals surface area contributed by atoms with Crippen molar-refractivity contribution in [1.29, 1.82) is 0 Å². The number of ether oxygens (including phenoxy) is 2. The maximum atomic E-state index is 12.6. The number of rotatable bonds is 45. The number of unbranched alkanes of at least 4 members (excludes halogenated alkanes) is 29. The first kappa shape index (κ1) is 55.2. The van der Waals surface area contributed by atoms with Crippen molar-refractivity contribution < 1.29 is 37.3 Å². The molecule has 0 saturated heterocycles. The zero-order valence-electron chi connectivity index (χ0n) is 37.9. The molecule has 0 heterocycles. The molecule has 0 aliphatic rings. The molecule has 9 heteroatoms. The van der Waals surface area contributed by atoms with Crippen LogP contribution in [0.25, 0.3) is 0 Å². The van der Waals surface area contributed by atoms with E-state index in [0.29, 0.717) is 24.1 Å². The van der Waals surface area contributed by atoms with Crippen LogP contribution in [0.2, 0.25) is 0 Å². The molecular weight excluding hydrogens is 721 g/mol. The predicted octanol–water partition coefficient (Wildman–Crippen LogP) is 13.6. The van der Waals surface area contributed by atoms with Gasteiger partial charge in [0.05, 0.1) is 34.4 Å². The Labute approximate surface area is 348 Å². The summed E-state index contributed by atoms with van der Waals surface area (Å²) in [5.74, 6) is -0.340. The molecule has 0 radical (unpaired) electrons. The second-order valence-electron chi connectivity index (χ2n) is 17.5. The summed E-state index contributed by atoms with van der Waals surface area (Å²) in [4.78, 5) is 25.0. The minimum atomic E-state index is -4.52. The summed E-state index contributed by atoms with van der Waals surface area (Å²) in [7, 11) is 1.36. The number of esters is 1. The molecule has 2 unspecified atom stereocenters. The van der Waals surface area contributed by atoms with Crippen LogP contribution >= 0.6 is 7.82 Å². The first-order chi connectivity index (χ1) is 27.1. The predicted molar refractivity (Wildman–Crippen MR) is 236 cm³/mol. The minimum absolute atomic E-state index is 0.0277. The van der Waals surface area contributed by atoms with Crippen molar-refractivity contribution in [2.75, 3.05) is 54.1 Å². The van der Waals surface area contributed by atoms with Crippen LogP contribution in [0.1, 0.15) is 226 Å². The first-order valence-electron chi connectivity index (χ1n) is 23.9. The fourth-order valence-electron chi connectivity index (χ4n) is 6.82. The fourth-order valence-corrected chi connectivity index (χ4v) is 7.55. The number of nitrogens with zero attached hydrogens (tertiary/aromatic N) is 1. The van der Waals surface area contributed by atoms with E-state index in [-0.39, 0.29) is 25.8 Å². The second kappa shape index (κ2) is 41.0. The van der Waals surface area contributed by atoms with Gasteiger partial charge in [0.1, 0.15) is 19.3 Å². The molecule has 0 aliphatic carbocycles. The molecule has 0 amide bonds. The van der Waals surface area contributed by atoms with Gasteiger partial charge in [0.15, 0.2) is 0 Å². The molecule has 2 atom stereocenters. The molecule has 56 heavy (non-hydrogen) atoms. The molecule has 0 bridgehead atoms. The van der Waals surface area contributed by atoms with Crippen molar-refractivity contribution in [3.05, 3.63) is 12.2 Å². The molecule has 334 valence electrons. The lowest BCUT2D eigenvalue weighted by atomic mass is 10.0. The Morgan fingerprint density at radius 1 is 0.536 bits per heavy atom. The number of hydrogen-bond acceptors (Lipinski definition) is 7. The van der Waals surface area contributed by atoms with Crippen molar-refractivity contribution in [1.82, 2.24) is 0 Å². The lowest BCUT2D eigenvalue weighted by Gasteiger charge is -2.28. The molecule has 0 aromatic carbocycles. The van der Waals surface area contributed by atoms with Gasteiger partial charge >= 0.3 is 5.97 Å². The van der Waals surface area contributed by atoms with Crippen LogP contribution in [-0.2, 0) is 27.9 Å². The largest absolute Gasteiger partial charge is 0.756 e. The lowest BCUT2D eigenvalue weighted by Crippen LogP contribution is -2.37. The van der Waals surface area contributed by atoms with E-state index >= 15 is 0 Å². The number of carbonyl (C=O) groups excluding carboxylic acids is 1. The highest BCUT2D eigenvalue weighted by atomic mass is 31.2. The number of phosphoric acid groups is 1. The number of allylic oxidation sites excluding steroid dienone is 2. The zero-order valence-corrected chi connectivity index (χ0v) is 38.7. The van der Waals surface area contributed by atoms with Gasteiger partial charge in [-0.15, -0.1) is 0 Å². The molecule has 0 saturated carbocycles. The molecule has 0 aromatic heterocycles.